The molecule has 5 heteroatoms. The van der Waals surface area contributed by atoms with E-state index in [9.17, 15) is 5.11 Å². The number of aryl methyl sites for hydroxylation is 1. The van der Waals surface area contributed by atoms with E-state index in [0.29, 0.717) is 5.92 Å². The van der Waals surface area contributed by atoms with Crippen molar-refractivity contribution in [1.82, 2.24) is 14.9 Å². The molecule has 0 saturated heterocycles. The number of hydrogen-bond acceptors (Lipinski definition) is 4. The van der Waals surface area contributed by atoms with Gasteiger partial charge in [-0.15, -0.1) is 0 Å². The molecule has 1 saturated carbocycles. The molecule has 2 unspecified atom stereocenters. The first-order valence-electron chi connectivity index (χ1n) is 12.2. The Morgan fingerprint density at radius 2 is 1.94 bits per heavy atom. The van der Waals surface area contributed by atoms with Crippen LogP contribution < -0.4 is 4.74 Å². The number of methoxy groups -OCH3 is 1. The van der Waals surface area contributed by atoms with E-state index in [1.807, 2.05) is 24.3 Å². The van der Waals surface area contributed by atoms with E-state index >= 15 is 0 Å². The molecule has 1 heterocycles. The number of fused-ring (bicyclic) bond motifs is 3. The fourth-order valence-electron chi connectivity index (χ4n) is 5.73. The van der Waals surface area contributed by atoms with Gasteiger partial charge in [0.2, 0.25) is 0 Å². The molecule has 0 amide bonds. The van der Waals surface area contributed by atoms with Crippen molar-refractivity contribution in [2.75, 3.05) is 27.2 Å². The number of imidazole rings is 1. The van der Waals surface area contributed by atoms with Gasteiger partial charge < -0.3 is 19.7 Å². The van der Waals surface area contributed by atoms with Crippen molar-refractivity contribution in [1.29, 1.82) is 0 Å². The number of ether oxygens (including phenoxy) is 1. The van der Waals surface area contributed by atoms with Crippen LogP contribution in [-0.4, -0.2) is 52.8 Å². The summed E-state index contributed by atoms with van der Waals surface area (Å²) in [5, 5.41) is 11.5. The molecule has 6 rings (SSSR count). The molecule has 3 aliphatic rings. The average Bonchev–Trinajstić information content (AvgIpc) is 3.26. The summed E-state index contributed by atoms with van der Waals surface area (Å²) in [6, 6.07) is 16.6. The van der Waals surface area contributed by atoms with Crippen LogP contribution in [-0.2, 0) is 6.42 Å². The van der Waals surface area contributed by atoms with Gasteiger partial charge in [-0.1, -0.05) is 30.3 Å². The van der Waals surface area contributed by atoms with Gasteiger partial charge in [-0.3, -0.25) is 0 Å². The SMILES string of the molecule is COc1ccc(C2=CC3CC[C@H]2CC3(O)CCN(C)CCCc2nc3ccccc3[nH]2)cc1. The summed E-state index contributed by atoms with van der Waals surface area (Å²) in [5.41, 5.74) is 4.26. The topological polar surface area (TPSA) is 61.4 Å². The first kappa shape index (κ1) is 22.2. The molecule has 33 heavy (non-hydrogen) atoms. The number of aromatic nitrogens is 2. The molecule has 1 fully saturated rings. The Bertz CT molecular complexity index is 1090. The molecule has 1 aromatic heterocycles. The fraction of sp³-hybridized carbons (Fsp3) is 0.464. The number of hydrogen-bond donors (Lipinski definition) is 2. The first-order valence-corrected chi connectivity index (χ1v) is 12.2. The van der Waals surface area contributed by atoms with Crippen molar-refractivity contribution in [2.45, 2.75) is 44.1 Å². The fourth-order valence-corrected chi connectivity index (χ4v) is 5.73. The number of allylic oxidation sites excluding steroid dienone is 1. The van der Waals surface area contributed by atoms with Crippen molar-refractivity contribution in [3.05, 3.63) is 66.0 Å². The quantitative estimate of drug-likeness (QED) is 0.483. The molecule has 2 N–H and O–H groups in total. The maximum atomic E-state index is 11.5. The van der Waals surface area contributed by atoms with Crippen LogP contribution in [0.1, 0.15) is 43.5 Å². The number of para-hydroxylation sites is 2. The summed E-state index contributed by atoms with van der Waals surface area (Å²) in [6.45, 7) is 1.93. The minimum Gasteiger partial charge on any atom is -0.497 e. The van der Waals surface area contributed by atoms with Crippen molar-refractivity contribution in [3.63, 3.8) is 0 Å². The zero-order valence-electron chi connectivity index (χ0n) is 19.8. The van der Waals surface area contributed by atoms with Crippen LogP contribution in [0.3, 0.4) is 0 Å². The van der Waals surface area contributed by atoms with E-state index in [1.54, 1.807) is 7.11 Å². The molecule has 0 aliphatic heterocycles. The summed E-state index contributed by atoms with van der Waals surface area (Å²) in [6.07, 6.45) is 8.35. The first-order chi connectivity index (χ1) is 16.0. The lowest BCUT2D eigenvalue weighted by molar-refractivity contribution is -0.0574. The number of benzene rings is 2. The maximum Gasteiger partial charge on any atom is 0.118 e. The van der Waals surface area contributed by atoms with Crippen molar-refractivity contribution < 1.29 is 9.84 Å². The summed E-state index contributed by atoms with van der Waals surface area (Å²) < 4.78 is 5.30. The van der Waals surface area contributed by atoms with E-state index in [4.69, 9.17) is 4.74 Å². The molecule has 5 nitrogen and oxygen atoms in total. The zero-order valence-corrected chi connectivity index (χ0v) is 19.8. The lowest BCUT2D eigenvalue weighted by Crippen LogP contribution is -2.48. The predicted octanol–water partition coefficient (Wildman–Crippen LogP) is 5.07. The molecule has 3 aliphatic carbocycles. The average molecular weight is 446 g/mol. The van der Waals surface area contributed by atoms with Gasteiger partial charge in [-0.05, 0) is 87.0 Å². The van der Waals surface area contributed by atoms with Crippen molar-refractivity contribution in [3.8, 4) is 5.75 Å². The Kier molecular flexibility index (Phi) is 6.26. The van der Waals surface area contributed by atoms with Gasteiger partial charge in [-0.2, -0.15) is 0 Å². The van der Waals surface area contributed by atoms with Crippen LogP contribution in [0.25, 0.3) is 16.6 Å². The summed E-state index contributed by atoms with van der Waals surface area (Å²) in [4.78, 5) is 10.5. The Morgan fingerprint density at radius 1 is 1.12 bits per heavy atom. The lowest BCUT2D eigenvalue weighted by atomic mass is 9.61. The number of aliphatic hydroxyl groups is 1. The Balaban J connectivity index is 1.14. The number of H-pyrrole nitrogens is 1. The predicted molar refractivity (Wildman–Crippen MR) is 133 cm³/mol. The molecular weight excluding hydrogens is 410 g/mol. The van der Waals surface area contributed by atoms with Crippen LogP contribution >= 0.6 is 0 Å². The number of nitrogens with one attached hydrogen (secondary N) is 1. The van der Waals surface area contributed by atoms with Gasteiger partial charge >= 0.3 is 0 Å². The van der Waals surface area contributed by atoms with E-state index in [1.165, 1.54) is 17.6 Å². The Morgan fingerprint density at radius 3 is 2.67 bits per heavy atom. The zero-order chi connectivity index (χ0) is 22.8. The Labute approximate surface area is 196 Å². The molecule has 2 aromatic carbocycles. The minimum absolute atomic E-state index is 0.253. The highest BCUT2D eigenvalue weighted by molar-refractivity contribution is 5.74. The number of rotatable bonds is 9. The van der Waals surface area contributed by atoms with Crippen LogP contribution in [0, 0.1) is 11.8 Å². The molecule has 0 spiro atoms. The summed E-state index contributed by atoms with van der Waals surface area (Å²) in [7, 11) is 3.87. The van der Waals surface area contributed by atoms with Crippen LogP contribution in [0.2, 0.25) is 0 Å². The van der Waals surface area contributed by atoms with Crippen molar-refractivity contribution >= 4 is 16.6 Å². The van der Waals surface area contributed by atoms with Gasteiger partial charge in [-0.25, -0.2) is 4.98 Å². The standard InChI is InChI=1S/C28H35N3O2/c1-31(16-5-8-27-29-25-6-3-4-7-26(25)30-27)17-15-28(32)19-21-9-12-22(28)18-24(21)20-10-13-23(33-2)14-11-20/h3-4,6-7,10-11,13-14,18,21-22,32H,5,8-9,12,15-17,19H2,1-2H3,(H,29,30)/t21-,22?,28?/m0/s1. The number of aromatic amines is 1. The van der Waals surface area contributed by atoms with Crippen LogP contribution in [0.4, 0.5) is 0 Å². The van der Waals surface area contributed by atoms with Crippen LogP contribution in [0.15, 0.2) is 54.6 Å². The molecule has 0 radical (unpaired) electrons. The smallest absolute Gasteiger partial charge is 0.118 e. The highest BCUT2D eigenvalue weighted by atomic mass is 16.5. The minimum atomic E-state index is -0.577. The van der Waals surface area contributed by atoms with Gasteiger partial charge in [0.1, 0.15) is 11.6 Å². The Hall–Kier alpha value is -2.63. The second-order valence-electron chi connectivity index (χ2n) is 9.90. The molecule has 2 bridgehead atoms. The normalized spacial score (nSPS) is 24.4. The second kappa shape index (κ2) is 9.32. The molecular formula is C28H35N3O2. The van der Waals surface area contributed by atoms with Gasteiger partial charge in [0.15, 0.2) is 0 Å². The third kappa shape index (κ3) is 4.71. The third-order valence-electron chi connectivity index (χ3n) is 7.68. The molecule has 3 atom stereocenters. The van der Waals surface area contributed by atoms with E-state index in [2.05, 4.69) is 52.3 Å². The summed E-state index contributed by atoms with van der Waals surface area (Å²) >= 11 is 0. The number of nitrogens with zero attached hydrogens (tertiary/aromatic N) is 2. The van der Waals surface area contributed by atoms with E-state index in [0.717, 1.165) is 67.8 Å². The van der Waals surface area contributed by atoms with E-state index < -0.39 is 5.60 Å². The second-order valence-corrected chi connectivity index (χ2v) is 9.90. The molecule has 174 valence electrons. The molecule has 3 aromatic rings. The van der Waals surface area contributed by atoms with Gasteiger partial charge in [0.05, 0.1) is 23.7 Å². The van der Waals surface area contributed by atoms with Gasteiger partial charge in [0.25, 0.3) is 0 Å². The maximum absolute atomic E-state index is 11.5. The summed E-state index contributed by atoms with van der Waals surface area (Å²) in [5.74, 6) is 2.65. The monoisotopic (exact) mass is 445 g/mol. The lowest BCUT2D eigenvalue weighted by Gasteiger charge is -2.48. The van der Waals surface area contributed by atoms with Crippen LogP contribution in [0.5, 0.6) is 5.75 Å². The largest absolute Gasteiger partial charge is 0.497 e. The highest BCUT2D eigenvalue weighted by Crippen LogP contribution is 2.51. The highest BCUT2D eigenvalue weighted by Gasteiger charge is 2.46. The van der Waals surface area contributed by atoms with E-state index in [-0.39, 0.29) is 5.92 Å². The van der Waals surface area contributed by atoms with Gasteiger partial charge in [0, 0.05) is 18.9 Å². The third-order valence-corrected chi connectivity index (χ3v) is 7.68. The van der Waals surface area contributed by atoms with Crippen molar-refractivity contribution in [2.24, 2.45) is 11.8 Å².